The zero-order valence-corrected chi connectivity index (χ0v) is 18.6. The van der Waals surface area contributed by atoms with Crippen molar-refractivity contribution >= 4 is 44.6 Å². The van der Waals surface area contributed by atoms with Gasteiger partial charge in [-0.15, -0.1) is 11.3 Å². The Morgan fingerprint density at radius 1 is 1.10 bits per heavy atom. The van der Waals surface area contributed by atoms with Crippen LogP contribution in [0.2, 0.25) is 5.02 Å². The first-order valence-electron chi connectivity index (χ1n) is 9.45. The molecule has 1 aliphatic heterocycles. The van der Waals surface area contributed by atoms with Gasteiger partial charge in [-0.05, 0) is 47.3 Å². The van der Waals surface area contributed by atoms with Crippen LogP contribution in [0.25, 0.3) is 0 Å². The van der Waals surface area contributed by atoms with Gasteiger partial charge < -0.3 is 14.8 Å². The molecule has 0 unspecified atom stereocenters. The van der Waals surface area contributed by atoms with E-state index in [1.54, 1.807) is 41.8 Å². The van der Waals surface area contributed by atoms with Crippen molar-refractivity contribution in [1.82, 2.24) is 5.32 Å². The quantitative estimate of drug-likeness (QED) is 0.551. The lowest BCUT2D eigenvalue weighted by molar-refractivity contribution is 0.0951. The van der Waals surface area contributed by atoms with Gasteiger partial charge in [-0.1, -0.05) is 23.7 Å². The number of thiophene rings is 1. The summed E-state index contributed by atoms with van der Waals surface area (Å²) in [6.45, 7) is 1.29. The van der Waals surface area contributed by atoms with Crippen LogP contribution in [0.5, 0.6) is 11.5 Å². The number of nitrogens with one attached hydrogen (secondary N) is 2. The number of hydrogen-bond acceptors (Lipinski definition) is 6. The van der Waals surface area contributed by atoms with Crippen molar-refractivity contribution in [2.24, 2.45) is 0 Å². The average molecular weight is 479 g/mol. The number of anilines is 1. The minimum absolute atomic E-state index is 0.202. The molecule has 0 fully saturated rings. The van der Waals surface area contributed by atoms with E-state index >= 15 is 0 Å². The van der Waals surface area contributed by atoms with E-state index < -0.39 is 10.0 Å². The van der Waals surface area contributed by atoms with Crippen LogP contribution < -0.4 is 19.5 Å². The second-order valence-electron chi connectivity index (χ2n) is 6.76. The average Bonchev–Trinajstić information content (AvgIpc) is 3.19. The van der Waals surface area contributed by atoms with Crippen LogP contribution >= 0.6 is 22.9 Å². The summed E-state index contributed by atoms with van der Waals surface area (Å²) >= 11 is 7.41. The number of carbonyl (C=O) groups excluding carboxylic acids is 1. The molecule has 31 heavy (non-hydrogen) atoms. The molecule has 162 valence electrons. The van der Waals surface area contributed by atoms with E-state index in [1.165, 1.54) is 12.1 Å². The minimum Gasteiger partial charge on any atom is -0.489 e. The highest BCUT2D eigenvalue weighted by atomic mass is 35.5. The summed E-state index contributed by atoms with van der Waals surface area (Å²) in [6, 6.07) is 13.0. The van der Waals surface area contributed by atoms with Crippen molar-refractivity contribution in [3.05, 3.63) is 70.1 Å². The van der Waals surface area contributed by atoms with Crippen molar-refractivity contribution in [2.45, 2.75) is 17.2 Å². The molecule has 1 aliphatic rings. The largest absolute Gasteiger partial charge is 0.489 e. The number of rotatable bonds is 6. The Kier molecular flexibility index (Phi) is 6.35. The molecule has 0 radical (unpaired) electrons. The first kappa shape index (κ1) is 21.5. The summed E-state index contributed by atoms with van der Waals surface area (Å²) in [5.74, 6) is 0.722. The molecular formula is C21H19ClN2O5S2. The van der Waals surface area contributed by atoms with Crippen molar-refractivity contribution in [1.29, 1.82) is 0 Å². The van der Waals surface area contributed by atoms with Crippen LogP contribution in [-0.4, -0.2) is 27.5 Å². The summed E-state index contributed by atoms with van der Waals surface area (Å²) in [5.41, 5.74) is 1.39. The van der Waals surface area contributed by atoms with Gasteiger partial charge in [-0.2, -0.15) is 0 Å². The zero-order chi connectivity index (χ0) is 21.8. The normalized spacial score (nSPS) is 13.3. The molecule has 0 saturated carbocycles. The number of benzene rings is 2. The van der Waals surface area contributed by atoms with Crippen LogP contribution in [0.3, 0.4) is 0 Å². The predicted octanol–water partition coefficient (Wildman–Crippen LogP) is 4.29. The Hall–Kier alpha value is -2.75. The van der Waals surface area contributed by atoms with E-state index in [4.69, 9.17) is 21.1 Å². The van der Waals surface area contributed by atoms with Crippen molar-refractivity contribution in [3.8, 4) is 11.5 Å². The molecule has 1 aromatic heterocycles. The predicted molar refractivity (Wildman–Crippen MR) is 120 cm³/mol. The molecule has 2 N–H and O–H groups in total. The second kappa shape index (κ2) is 9.17. The second-order valence-corrected chi connectivity index (χ2v) is 10.0. The van der Waals surface area contributed by atoms with Gasteiger partial charge in [0.2, 0.25) is 0 Å². The van der Waals surface area contributed by atoms with Gasteiger partial charge in [0.15, 0.2) is 11.5 Å². The summed E-state index contributed by atoms with van der Waals surface area (Å²) < 4.78 is 38.8. The van der Waals surface area contributed by atoms with E-state index in [0.29, 0.717) is 41.0 Å². The number of carbonyl (C=O) groups is 1. The van der Waals surface area contributed by atoms with Gasteiger partial charge in [-0.3, -0.25) is 9.52 Å². The molecule has 0 spiro atoms. The molecule has 7 nitrogen and oxygen atoms in total. The van der Waals surface area contributed by atoms with Gasteiger partial charge in [0.25, 0.3) is 15.9 Å². The molecule has 2 heterocycles. The Balaban J connectivity index is 1.44. The van der Waals surface area contributed by atoms with E-state index in [0.717, 1.165) is 23.3 Å². The number of halogens is 1. The number of fused-ring (bicyclic) bond motifs is 1. The third-order valence-electron chi connectivity index (χ3n) is 4.45. The maximum Gasteiger partial charge on any atom is 0.271 e. The number of amides is 1. The number of hydrogen-bond donors (Lipinski definition) is 2. The van der Waals surface area contributed by atoms with Gasteiger partial charge in [-0.25, -0.2) is 8.42 Å². The lowest BCUT2D eigenvalue weighted by atomic mass is 10.1. The van der Waals surface area contributed by atoms with E-state index in [-0.39, 0.29) is 16.7 Å². The van der Waals surface area contributed by atoms with Gasteiger partial charge >= 0.3 is 0 Å². The third kappa shape index (κ3) is 5.12. The smallest absolute Gasteiger partial charge is 0.271 e. The van der Waals surface area contributed by atoms with Crippen molar-refractivity contribution < 1.29 is 22.7 Å². The molecule has 1 amide bonds. The molecule has 0 atom stereocenters. The molecule has 3 aromatic rings. The monoisotopic (exact) mass is 478 g/mol. The molecule has 2 aromatic carbocycles. The standard InChI is InChI=1S/C21H19ClN2O5S2/c22-17-10-14(11-18-20(17)29-8-3-7-28-18)13-23-21(25)15-4-1-5-16(12-15)24-31(26,27)19-6-2-9-30-19/h1-2,4-6,9-12,24H,3,7-8,13H2,(H,23,25). The maximum absolute atomic E-state index is 12.6. The lowest BCUT2D eigenvalue weighted by Crippen LogP contribution is -2.23. The first-order chi connectivity index (χ1) is 14.9. The SMILES string of the molecule is O=C(NCc1cc(Cl)c2c(c1)OCCCO2)c1cccc(NS(=O)(=O)c2cccs2)c1. The minimum atomic E-state index is -3.69. The molecule has 0 saturated heterocycles. The van der Waals surface area contributed by atoms with Gasteiger partial charge in [0, 0.05) is 24.2 Å². The fourth-order valence-electron chi connectivity index (χ4n) is 3.02. The highest BCUT2D eigenvalue weighted by molar-refractivity contribution is 7.94. The lowest BCUT2D eigenvalue weighted by Gasteiger charge is -2.12. The first-order valence-corrected chi connectivity index (χ1v) is 12.2. The topological polar surface area (TPSA) is 93.7 Å². The van der Waals surface area contributed by atoms with Crippen LogP contribution in [0.15, 0.2) is 58.1 Å². The molecule has 10 heteroatoms. The van der Waals surface area contributed by atoms with Gasteiger partial charge in [0.05, 0.1) is 18.2 Å². The maximum atomic E-state index is 12.6. The fraction of sp³-hybridized carbons (Fsp3) is 0.190. The van der Waals surface area contributed by atoms with Crippen molar-refractivity contribution in [3.63, 3.8) is 0 Å². The summed E-state index contributed by atoms with van der Waals surface area (Å²) in [7, 11) is -3.69. The van der Waals surface area contributed by atoms with Crippen LogP contribution in [-0.2, 0) is 16.6 Å². The Morgan fingerprint density at radius 2 is 1.94 bits per heavy atom. The molecule has 0 aliphatic carbocycles. The van der Waals surface area contributed by atoms with Crippen LogP contribution in [0, 0.1) is 0 Å². The summed E-state index contributed by atoms with van der Waals surface area (Å²) in [4.78, 5) is 12.6. The third-order valence-corrected chi connectivity index (χ3v) is 7.51. The molecule has 4 rings (SSSR count). The molecular weight excluding hydrogens is 460 g/mol. The molecule has 0 bridgehead atoms. The van der Waals surface area contributed by atoms with E-state index in [1.807, 2.05) is 0 Å². The Morgan fingerprint density at radius 3 is 2.74 bits per heavy atom. The summed E-state index contributed by atoms with van der Waals surface area (Å²) in [5, 5.41) is 4.92. The van der Waals surface area contributed by atoms with Crippen LogP contribution in [0.4, 0.5) is 5.69 Å². The highest BCUT2D eigenvalue weighted by Gasteiger charge is 2.18. The Labute approximate surface area is 189 Å². The number of sulfonamides is 1. The Bertz CT molecular complexity index is 1200. The van der Waals surface area contributed by atoms with Crippen molar-refractivity contribution in [2.75, 3.05) is 17.9 Å². The van der Waals surface area contributed by atoms with Crippen LogP contribution in [0.1, 0.15) is 22.3 Å². The summed E-state index contributed by atoms with van der Waals surface area (Å²) in [6.07, 6.45) is 0.768. The van der Waals surface area contributed by atoms with Gasteiger partial charge in [0.1, 0.15) is 4.21 Å². The number of ether oxygens (including phenoxy) is 2. The fourth-order valence-corrected chi connectivity index (χ4v) is 5.35. The zero-order valence-electron chi connectivity index (χ0n) is 16.3. The van der Waals surface area contributed by atoms with E-state index in [2.05, 4.69) is 10.0 Å². The highest BCUT2D eigenvalue weighted by Crippen LogP contribution is 2.38. The van der Waals surface area contributed by atoms with E-state index in [9.17, 15) is 13.2 Å².